The molecule has 0 unspecified atom stereocenters. The summed E-state index contributed by atoms with van der Waals surface area (Å²) in [5.74, 6) is 0.765. The van der Waals surface area contributed by atoms with E-state index in [1.165, 1.54) is 24.2 Å². The summed E-state index contributed by atoms with van der Waals surface area (Å²) in [6.07, 6.45) is 4.56. The van der Waals surface area contributed by atoms with E-state index in [2.05, 4.69) is 15.6 Å². The molecule has 0 bridgehead atoms. The first kappa shape index (κ1) is 15.8. The maximum Gasteiger partial charge on any atom is 0.271 e. The van der Waals surface area contributed by atoms with E-state index < -0.39 is 0 Å². The average Bonchev–Trinajstić information content (AvgIpc) is 3.21. The lowest BCUT2D eigenvalue weighted by molar-refractivity contribution is 0.0933. The molecule has 0 atom stereocenters. The van der Waals surface area contributed by atoms with Gasteiger partial charge < -0.3 is 15.4 Å². The second-order valence-corrected chi connectivity index (χ2v) is 6.43. The zero-order chi connectivity index (χ0) is 16.1. The zero-order valence-electron chi connectivity index (χ0n) is 13.2. The Hall–Kier alpha value is -2.08. The van der Waals surface area contributed by atoms with Gasteiger partial charge in [0.05, 0.1) is 6.61 Å². The summed E-state index contributed by atoms with van der Waals surface area (Å²) >= 11 is 1.43. The summed E-state index contributed by atoms with van der Waals surface area (Å²) in [4.78, 5) is 16.5. The van der Waals surface area contributed by atoms with E-state index in [1.807, 2.05) is 31.2 Å². The Morgan fingerprint density at radius 3 is 2.74 bits per heavy atom. The molecule has 0 saturated heterocycles. The van der Waals surface area contributed by atoms with Crippen LogP contribution in [0.5, 0.6) is 5.75 Å². The van der Waals surface area contributed by atoms with Crippen LogP contribution in [0, 0.1) is 0 Å². The minimum absolute atomic E-state index is 0.0760. The van der Waals surface area contributed by atoms with Crippen LogP contribution >= 0.6 is 11.3 Å². The maximum absolute atomic E-state index is 12.2. The molecule has 1 fully saturated rings. The van der Waals surface area contributed by atoms with Gasteiger partial charge in [-0.1, -0.05) is 12.8 Å². The first-order valence-corrected chi connectivity index (χ1v) is 8.89. The van der Waals surface area contributed by atoms with E-state index in [9.17, 15) is 4.79 Å². The van der Waals surface area contributed by atoms with Gasteiger partial charge in [-0.3, -0.25) is 4.79 Å². The minimum atomic E-state index is -0.0760. The van der Waals surface area contributed by atoms with Crippen LogP contribution < -0.4 is 15.4 Å². The van der Waals surface area contributed by atoms with Crippen molar-refractivity contribution in [2.45, 2.75) is 38.6 Å². The number of ether oxygens (including phenoxy) is 1. The average molecular weight is 331 g/mol. The molecule has 1 aliphatic carbocycles. The number of anilines is 2. The molecule has 0 radical (unpaired) electrons. The Kier molecular flexibility index (Phi) is 5.12. The number of rotatable bonds is 6. The smallest absolute Gasteiger partial charge is 0.271 e. The van der Waals surface area contributed by atoms with Crippen molar-refractivity contribution in [1.82, 2.24) is 10.3 Å². The van der Waals surface area contributed by atoms with Crippen LogP contribution in [-0.4, -0.2) is 23.5 Å². The lowest BCUT2D eigenvalue weighted by atomic mass is 10.2. The molecule has 0 aliphatic heterocycles. The SMILES string of the molecule is CCOc1ccc(Nc2nc(C(=O)NC3CCCC3)cs2)cc1. The first-order chi connectivity index (χ1) is 11.2. The van der Waals surface area contributed by atoms with Gasteiger partial charge in [0.2, 0.25) is 0 Å². The van der Waals surface area contributed by atoms with Gasteiger partial charge in [-0.15, -0.1) is 11.3 Å². The zero-order valence-corrected chi connectivity index (χ0v) is 14.0. The van der Waals surface area contributed by atoms with E-state index in [0.29, 0.717) is 23.5 Å². The monoisotopic (exact) mass is 331 g/mol. The Morgan fingerprint density at radius 1 is 1.30 bits per heavy atom. The van der Waals surface area contributed by atoms with Crippen molar-refractivity contribution in [3.63, 3.8) is 0 Å². The lowest BCUT2D eigenvalue weighted by Gasteiger charge is -2.10. The maximum atomic E-state index is 12.2. The molecule has 1 amide bonds. The number of hydrogen-bond acceptors (Lipinski definition) is 5. The van der Waals surface area contributed by atoms with Crippen molar-refractivity contribution in [2.75, 3.05) is 11.9 Å². The van der Waals surface area contributed by atoms with Gasteiger partial charge in [0, 0.05) is 17.1 Å². The van der Waals surface area contributed by atoms with Crippen molar-refractivity contribution < 1.29 is 9.53 Å². The topological polar surface area (TPSA) is 63.2 Å². The lowest BCUT2D eigenvalue weighted by Crippen LogP contribution is -2.32. The summed E-state index contributed by atoms with van der Waals surface area (Å²) in [7, 11) is 0. The molecular formula is C17H21N3O2S. The Labute approximate surface area is 140 Å². The number of nitrogens with zero attached hydrogens (tertiary/aromatic N) is 1. The number of benzene rings is 1. The third-order valence-corrected chi connectivity index (χ3v) is 4.60. The summed E-state index contributed by atoms with van der Waals surface area (Å²) in [5.41, 5.74) is 1.40. The fourth-order valence-corrected chi connectivity index (χ4v) is 3.40. The van der Waals surface area contributed by atoms with Crippen LogP contribution in [0.25, 0.3) is 0 Å². The van der Waals surface area contributed by atoms with E-state index in [1.54, 1.807) is 5.38 Å². The molecule has 2 aromatic rings. The molecule has 23 heavy (non-hydrogen) atoms. The van der Waals surface area contributed by atoms with Gasteiger partial charge >= 0.3 is 0 Å². The quantitative estimate of drug-likeness (QED) is 0.841. The van der Waals surface area contributed by atoms with Gasteiger partial charge in [0.1, 0.15) is 11.4 Å². The van der Waals surface area contributed by atoms with E-state index in [4.69, 9.17) is 4.74 Å². The minimum Gasteiger partial charge on any atom is -0.494 e. The van der Waals surface area contributed by atoms with Crippen molar-refractivity contribution >= 4 is 28.1 Å². The molecule has 5 nitrogen and oxygen atoms in total. The fraction of sp³-hybridized carbons (Fsp3) is 0.412. The van der Waals surface area contributed by atoms with Gasteiger partial charge in [0.25, 0.3) is 5.91 Å². The Bertz CT molecular complexity index is 648. The molecule has 3 rings (SSSR count). The Morgan fingerprint density at radius 2 is 2.04 bits per heavy atom. The third-order valence-electron chi connectivity index (χ3n) is 3.84. The molecule has 2 N–H and O–H groups in total. The Balaban J connectivity index is 1.58. The van der Waals surface area contributed by atoms with Gasteiger partial charge in [-0.2, -0.15) is 0 Å². The molecule has 122 valence electrons. The number of carbonyl (C=O) groups excluding carboxylic acids is 1. The van der Waals surface area contributed by atoms with Crippen molar-refractivity contribution in [1.29, 1.82) is 0 Å². The number of hydrogen-bond donors (Lipinski definition) is 2. The molecule has 1 aliphatic rings. The number of amides is 1. The number of carbonyl (C=O) groups is 1. The molecular weight excluding hydrogens is 310 g/mol. The van der Waals surface area contributed by atoms with Crippen LogP contribution in [0.1, 0.15) is 43.1 Å². The van der Waals surface area contributed by atoms with Gasteiger partial charge in [-0.05, 0) is 44.0 Å². The highest BCUT2D eigenvalue weighted by molar-refractivity contribution is 7.14. The predicted molar refractivity (Wildman–Crippen MR) is 92.7 cm³/mol. The van der Waals surface area contributed by atoms with E-state index >= 15 is 0 Å². The van der Waals surface area contributed by atoms with Crippen LogP contribution in [0.3, 0.4) is 0 Å². The van der Waals surface area contributed by atoms with Crippen LogP contribution in [0.15, 0.2) is 29.6 Å². The second-order valence-electron chi connectivity index (χ2n) is 5.58. The number of aromatic nitrogens is 1. The molecule has 0 spiro atoms. The highest BCUT2D eigenvalue weighted by atomic mass is 32.1. The van der Waals surface area contributed by atoms with E-state index in [-0.39, 0.29) is 5.91 Å². The standard InChI is InChI=1S/C17H21N3O2S/c1-2-22-14-9-7-13(8-10-14)19-17-20-15(11-23-17)16(21)18-12-5-3-4-6-12/h7-12H,2-6H2,1H3,(H,18,21)(H,19,20). The second kappa shape index (κ2) is 7.46. The summed E-state index contributed by atoms with van der Waals surface area (Å²) in [5, 5.41) is 8.78. The molecule has 1 aromatic heterocycles. The third kappa shape index (κ3) is 4.22. The molecule has 1 heterocycles. The normalized spacial score (nSPS) is 14.7. The number of nitrogens with one attached hydrogen (secondary N) is 2. The van der Waals surface area contributed by atoms with Crippen LogP contribution in [0.4, 0.5) is 10.8 Å². The van der Waals surface area contributed by atoms with Crippen LogP contribution in [0.2, 0.25) is 0 Å². The largest absolute Gasteiger partial charge is 0.494 e. The predicted octanol–water partition coefficient (Wildman–Crippen LogP) is 3.96. The summed E-state index contributed by atoms with van der Waals surface area (Å²) < 4.78 is 5.42. The van der Waals surface area contributed by atoms with Crippen molar-refractivity contribution in [2.24, 2.45) is 0 Å². The summed E-state index contributed by atoms with van der Waals surface area (Å²) in [6, 6.07) is 8.00. The number of thiazole rings is 1. The van der Waals surface area contributed by atoms with Crippen LogP contribution in [-0.2, 0) is 0 Å². The van der Waals surface area contributed by atoms with Crippen molar-refractivity contribution in [3.05, 3.63) is 35.3 Å². The fourth-order valence-electron chi connectivity index (χ4n) is 2.69. The van der Waals surface area contributed by atoms with Gasteiger partial charge in [-0.25, -0.2) is 4.98 Å². The first-order valence-electron chi connectivity index (χ1n) is 8.01. The molecule has 1 saturated carbocycles. The van der Waals surface area contributed by atoms with Gasteiger partial charge in [0.15, 0.2) is 5.13 Å². The highest BCUT2D eigenvalue weighted by Crippen LogP contribution is 2.23. The molecule has 1 aromatic carbocycles. The summed E-state index contributed by atoms with van der Waals surface area (Å²) in [6.45, 7) is 2.61. The molecule has 6 heteroatoms. The highest BCUT2D eigenvalue weighted by Gasteiger charge is 2.19. The van der Waals surface area contributed by atoms with E-state index in [0.717, 1.165) is 24.3 Å². The van der Waals surface area contributed by atoms with Crippen molar-refractivity contribution in [3.8, 4) is 5.75 Å².